The molecule has 0 amide bonds. The van der Waals surface area contributed by atoms with Crippen LogP contribution in [0.5, 0.6) is 11.8 Å². The molecule has 0 fully saturated rings. The molecule has 2 rings (SSSR count). The molecule has 0 saturated carbocycles. The minimum atomic E-state index is -1.09. The quantitative estimate of drug-likeness (QED) is 0.849. The van der Waals surface area contributed by atoms with Gasteiger partial charge in [0.15, 0.2) is 11.6 Å². The smallest absolute Gasteiger partial charge is 0.399 e. The van der Waals surface area contributed by atoms with Gasteiger partial charge in [0.2, 0.25) is 5.82 Å². The third-order valence-corrected chi connectivity index (χ3v) is 2.70. The van der Waals surface area contributed by atoms with Crippen molar-refractivity contribution in [2.75, 3.05) is 6.54 Å². The largest absolute Gasteiger partial charge is 0.417 e. The fourth-order valence-corrected chi connectivity index (χ4v) is 1.78. The number of halogens is 3. The van der Waals surface area contributed by atoms with Gasteiger partial charge in [-0.2, -0.15) is 9.37 Å². The molecule has 0 aliphatic rings. The van der Waals surface area contributed by atoms with Gasteiger partial charge in [-0.05, 0) is 18.7 Å². The Morgan fingerprint density at radius 2 is 2.21 bits per heavy atom. The second-order valence-corrected chi connectivity index (χ2v) is 4.60. The SMILES string of the molecule is CCNCc1coc(Oc2cc(Br)cc(F)c2F)n1. The first-order valence-corrected chi connectivity index (χ1v) is 6.37. The molecule has 0 radical (unpaired) electrons. The summed E-state index contributed by atoms with van der Waals surface area (Å²) >= 11 is 3.05. The molecule has 1 heterocycles. The van der Waals surface area contributed by atoms with E-state index in [0.29, 0.717) is 16.7 Å². The molecule has 2 aromatic rings. The molecular formula is C12H11BrF2N2O2. The summed E-state index contributed by atoms with van der Waals surface area (Å²) < 4.78 is 37.1. The lowest BCUT2D eigenvalue weighted by Gasteiger charge is -2.03. The molecule has 7 heteroatoms. The maximum Gasteiger partial charge on any atom is 0.399 e. The molecular weight excluding hydrogens is 322 g/mol. The maximum atomic E-state index is 13.5. The Balaban J connectivity index is 2.15. The summed E-state index contributed by atoms with van der Waals surface area (Å²) in [6, 6.07) is 2.31. The van der Waals surface area contributed by atoms with Crippen LogP contribution in [0.15, 0.2) is 27.3 Å². The number of aromatic nitrogens is 1. The van der Waals surface area contributed by atoms with E-state index in [-0.39, 0.29) is 11.8 Å². The van der Waals surface area contributed by atoms with Crippen molar-refractivity contribution in [1.29, 1.82) is 0 Å². The van der Waals surface area contributed by atoms with E-state index in [9.17, 15) is 8.78 Å². The summed E-state index contributed by atoms with van der Waals surface area (Å²) in [5.41, 5.74) is 0.618. The van der Waals surface area contributed by atoms with E-state index >= 15 is 0 Å². The predicted molar refractivity (Wildman–Crippen MR) is 68.0 cm³/mol. The zero-order valence-corrected chi connectivity index (χ0v) is 11.6. The standard InChI is InChI=1S/C12H11BrF2N2O2/c1-2-16-5-8-6-18-12(17-8)19-10-4-7(13)3-9(14)11(10)15/h3-4,6,16H,2,5H2,1H3. The van der Waals surface area contributed by atoms with Gasteiger partial charge in [-0.1, -0.05) is 22.9 Å². The van der Waals surface area contributed by atoms with Crippen LogP contribution in [0.3, 0.4) is 0 Å². The predicted octanol–water partition coefficient (Wildman–Crippen LogP) is 3.62. The van der Waals surface area contributed by atoms with Gasteiger partial charge in [0, 0.05) is 11.0 Å². The van der Waals surface area contributed by atoms with Crippen LogP contribution in [-0.2, 0) is 6.54 Å². The monoisotopic (exact) mass is 332 g/mol. The zero-order chi connectivity index (χ0) is 13.8. The van der Waals surface area contributed by atoms with Gasteiger partial charge in [0.25, 0.3) is 0 Å². The summed E-state index contributed by atoms with van der Waals surface area (Å²) in [6.45, 7) is 3.25. The van der Waals surface area contributed by atoms with E-state index in [1.165, 1.54) is 12.3 Å². The Kier molecular flexibility index (Phi) is 4.49. The molecule has 0 unspecified atom stereocenters. The van der Waals surface area contributed by atoms with Crippen LogP contribution in [0.2, 0.25) is 0 Å². The molecule has 1 aromatic carbocycles. The average Bonchev–Trinajstić information content (AvgIpc) is 2.80. The van der Waals surface area contributed by atoms with Crippen molar-refractivity contribution in [3.63, 3.8) is 0 Å². The van der Waals surface area contributed by atoms with Crippen molar-refractivity contribution in [2.45, 2.75) is 13.5 Å². The highest BCUT2D eigenvalue weighted by Gasteiger charge is 2.14. The third-order valence-electron chi connectivity index (χ3n) is 2.24. The number of nitrogens with one attached hydrogen (secondary N) is 1. The van der Waals surface area contributed by atoms with Gasteiger partial charge in [-0.3, -0.25) is 0 Å². The molecule has 0 saturated heterocycles. The van der Waals surface area contributed by atoms with Crippen molar-refractivity contribution >= 4 is 15.9 Å². The van der Waals surface area contributed by atoms with Crippen molar-refractivity contribution in [2.24, 2.45) is 0 Å². The lowest BCUT2D eigenvalue weighted by molar-refractivity contribution is 0.312. The van der Waals surface area contributed by atoms with E-state index in [2.05, 4.69) is 26.2 Å². The first kappa shape index (κ1) is 14.0. The molecule has 19 heavy (non-hydrogen) atoms. The summed E-state index contributed by atoms with van der Waals surface area (Å²) in [7, 11) is 0. The molecule has 0 aliphatic heterocycles. The zero-order valence-electron chi connectivity index (χ0n) is 10.0. The summed E-state index contributed by atoms with van der Waals surface area (Å²) in [4.78, 5) is 3.99. The van der Waals surface area contributed by atoms with Crippen LogP contribution in [-0.4, -0.2) is 11.5 Å². The van der Waals surface area contributed by atoms with Gasteiger partial charge < -0.3 is 14.5 Å². The summed E-state index contributed by atoms with van der Waals surface area (Å²) in [5.74, 6) is -2.39. The molecule has 1 N–H and O–H groups in total. The lowest BCUT2D eigenvalue weighted by Crippen LogP contribution is -2.11. The summed E-state index contributed by atoms with van der Waals surface area (Å²) in [6.07, 6.45) is 1.26. The van der Waals surface area contributed by atoms with Crippen LogP contribution in [0.4, 0.5) is 8.78 Å². The average molecular weight is 333 g/mol. The minimum absolute atomic E-state index is 0.135. The van der Waals surface area contributed by atoms with Crippen LogP contribution >= 0.6 is 15.9 Å². The molecule has 4 nitrogen and oxygen atoms in total. The molecule has 1 aromatic heterocycles. The van der Waals surface area contributed by atoms with E-state index < -0.39 is 11.6 Å². The topological polar surface area (TPSA) is 47.3 Å². The van der Waals surface area contributed by atoms with Crippen molar-refractivity contribution in [1.82, 2.24) is 10.3 Å². The van der Waals surface area contributed by atoms with Gasteiger partial charge in [-0.25, -0.2) is 4.39 Å². The number of benzene rings is 1. The highest BCUT2D eigenvalue weighted by Crippen LogP contribution is 2.29. The van der Waals surface area contributed by atoms with E-state index in [0.717, 1.165) is 12.6 Å². The van der Waals surface area contributed by atoms with Crippen molar-refractivity contribution in [3.05, 3.63) is 40.2 Å². The Hall–Kier alpha value is -1.47. The van der Waals surface area contributed by atoms with Crippen molar-refractivity contribution < 1.29 is 17.9 Å². The minimum Gasteiger partial charge on any atom is -0.417 e. The summed E-state index contributed by atoms with van der Waals surface area (Å²) in [5, 5.41) is 3.05. The Morgan fingerprint density at radius 3 is 2.95 bits per heavy atom. The molecule has 102 valence electrons. The molecule has 0 bridgehead atoms. The lowest BCUT2D eigenvalue weighted by atomic mass is 10.3. The van der Waals surface area contributed by atoms with Crippen LogP contribution < -0.4 is 10.1 Å². The Labute approximate surface area is 116 Å². The number of oxazole rings is 1. The number of hydrogen-bond donors (Lipinski definition) is 1. The molecule has 0 spiro atoms. The van der Waals surface area contributed by atoms with Gasteiger partial charge in [0.1, 0.15) is 6.26 Å². The second-order valence-electron chi connectivity index (χ2n) is 3.69. The highest BCUT2D eigenvalue weighted by molar-refractivity contribution is 9.10. The van der Waals surface area contributed by atoms with Gasteiger partial charge in [-0.15, -0.1) is 0 Å². The maximum absolute atomic E-state index is 13.5. The molecule has 0 aliphatic carbocycles. The van der Waals surface area contributed by atoms with Crippen LogP contribution in [0.1, 0.15) is 12.6 Å². The van der Waals surface area contributed by atoms with E-state index in [1.807, 2.05) is 6.92 Å². The fourth-order valence-electron chi connectivity index (χ4n) is 1.37. The highest BCUT2D eigenvalue weighted by atomic mass is 79.9. The van der Waals surface area contributed by atoms with E-state index in [4.69, 9.17) is 9.15 Å². The Bertz CT molecular complexity index is 575. The van der Waals surface area contributed by atoms with Gasteiger partial charge >= 0.3 is 6.08 Å². The van der Waals surface area contributed by atoms with Crippen LogP contribution in [0, 0.1) is 11.6 Å². The first-order valence-electron chi connectivity index (χ1n) is 5.57. The fraction of sp³-hybridized carbons (Fsp3) is 0.250. The van der Waals surface area contributed by atoms with Crippen LogP contribution in [0.25, 0.3) is 0 Å². The Morgan fingerprint density at radius 1 is 1.42 bits per heavy atom. The number of nitrogens with zero attached hydrogens (tertiary/aromatic N) is 1. The third kappa shape index (κ3) is 3.51. The van der Waals surface area contributed by atoms with E-state index in [1.54, 1.807) is 0 Å². The van der Waals surface area contributed by atoms with Gasteiger partial charge in [0.05, 0.1) is 5.69 Å². The first-order chi connectivity index (χ1) is 9.10. The second kappa shape index (κ2) is 6.12. The number of hydrogen-bond acceptors (Lipinski definition) is 4. The number of ether oxygens (including phenoxy) is 1. The normalized spacial score (nSPS) is 10.7. The number of rotatable bonds is 5. The molecule has 0 atom stereocenters. The van der Waals surface area contributed by atoms with Crippen molar-refractivity contribution in [3.8, 4) is 11.8 Å².